The zero-order chi connectivity index (χ0) is 15.9. The van der Waals surface area contributed by atoms with E-state index in [9.17, 15) is 13.2 Å². The van der Waals surface area contributed by atoms with E-state index >= 15 is 0 Å². The van der Waals surface area contributed by atoms with E-state index in [1.807, 2.05) is 6.07 Å². The third-order valence-electron chi connectivity index (χ3n) is 3.14. The Labute approximate surface area is 131 Å². The Balaban J connectivity index is 2.36. The van der Waals surface area contributed by atoms with Crippen molar-refractivity contribution in [2.24, 2.45) is 0 Å². The van der Waals surface area contributed by atoms with Gasteiger partial charge in [0.1, 0.15) is 18.0 Å². The zero-order valence-corrected chi connectivity index (χ0v) is 12.4. The summed E-state index contributed by atoms with van der Waals surface area (Å²) in [7, 11) is 0. The van der Waals surface area contributed by atoms with Crippen LogP contribution in [0.5, 0.6) is 0 Å². The van der Waals surface area contributed by atoms with Gasteiger partial charge in [-0.15, -0.1) is 0 Å². The maximum Gasteiger partial charge on any atom is 0.421 e. The summed E-state index contributed by atoms with van der Waals surface area (Å²) in [5.74, 6) is -0.284. The molecule has 8 heteroatoms. The van der Waals surface area contributed by atoms with Gasteiger partial charge in [-0.3, -0.25) is 4.57 Å². The van der Waals surface area contributed by atoms with Crippen LogP contribution in [-0.4, -0.2) is 14.5 Å². The Morgan fingerprint density at radius 1 is 1.23 bits per heavy atom. The number of fused-ring (bicyclic) bond motifs is 1. The Kier molecular flexibility index (Phi) is 3.37. The molecule has 0 amide bonds. The molecule has 0 radical (unpaired) electrons. The summed E-state index contributed by atoms with van der Waals surface area (Å²) < 4.78 is 41.1. The van der Waals surface area contributed by atoms with Gasteiger partial charge in [-0.1, -0.05) is 6.07 Å². The SMILES string of the molecule is N#Cc1ccc2ccn(-c3ncncc3C(F)(F)F)c2c1Br. The summed E-state index contributed by atoms with van der Waals surface area (Å²) in [5, 5.41) is 9.76. The minimum atomic E-state index is -4.58. The first-order valence-electron chi connectivity index (χ1n) is 6.00. The number of hydrogen-bond acceptors (Lipinski definition) is 3. The minimum Gasteiger partial charge on any atom is -0.299 e. The number of halogens is 4. The van der Waals surface area contributed by atoms with Crippen LogP contribution in [-0.2, 0) is 6.18 Å². The van der Waals surface area contributed by atoms with Gasteiger partial charge in [0.25, 0.3) is 0 Å². The fourth-order valence-electron chi connectivity index (χ4n) is 2.17. The largest absolute Gasteiger partial charge is 0.421 e. The predicted molar refractivity (Wildman–Crippen MR) is 76.3 cm³/mol. The van der Waals surface area contributed by atoms with Crippen LogP contribution in [0.15, 0.2) is 41.4 Å². The number of nitrogens with zero attached hydrogens (tertiary/aromatic N) is 4. The molecule has 110 valence electrons. The molecule has 0 spiro atoms. The minimum absolute atomic E-state index is 0.284. The van der Waals surface area contributed by atoms with Crippen molar-refractivity contribution in [1.29, 1.82) is 5.26 Å². The molecular formula is C14H6BrF3N4. The van der Waals surface area contributed by atoms with Crippen molar-refractivity contribution in [3.63, 3.8) is 0 Å². The Bertz CT molecular complexity index is 909. The number of benzene rings is 1. The summed E-state index contributed by atoms with van der Waals surface area (Å²) in [6, 6.07) is 6.91. The summed E-state index contributed by atoms with van der Waals surface area (Å²) in [4.78, 5) is 7.21. The molecule has 4 nitrogen and oxygen atoms in total. The average Bonchev–Trinajstić information content (AvgIpc) is 2.91. The molecule has 0 aliphatic heterocycles. The van der Waals surface area contributed by atoms with Crippen LogP contribution in [0.1, 0.15) is 11.1 Å². The monoisotopic (exact) mass is 366 g/mol. The smallest absolute Gasteiger partial charge is 0.299 e. The number of aromatic nitrogens is 3. The quantitative estimate of drug-likeness (QED) is 0.652. The molecule has 0 N–H and O–H groups in total. The average molecular weight is 367 g/mol. The third-order valence-corrected chi connectivity index (χ3v) is 3.94. The van der Waals surface area contributed by atoms with E-state index in [2.05, 4.69) is 25.9 Å². The topological polar surface area (TPSA) is 54.5 Å². The summed E-state index contributed by atoms with van der Waals surface area (Å²) >= 11 is 3.28. The van der Waals surface area contributed by atoms with E-state index < -0.39 is 11.7 Å². The van der Waals surface area contributed by atoms with Gasteiger partial charge in [-0.25, -0.2) is 9.97 Å². The van der Waals surface area contributed by atoms with Gasteiger partial charge < -0.3 is 0 Å². The highest BCUT2D eigenvalue weighted by molar-refractivity contribution is 9.10. The van der Waals surface area contributed by atoms with Gasteiger partial charge in [0.05, 0.1) is 15.6 Å². The van der Waals surface area contributed by atoms with Crippen molar-refractivity contribution < 1.29 is 13.2 Å². The van der Waals surface area contributed by atoms with E-state index in [1.54, 1.807) is 18.2 Å². The Hall–Kier alpha value is -2.40. The van der Waals surface area contributed by atoms with Crippen molar-refractivity contribution >= 4 is 26.8 Å². The molecule has 3 aromatic rings. The Morgan fingerprint density at radius 3 is 2.68 bits per heavy atom. The van der Waals surface area contributed by atoms with Gasteiger partial charge >= 0.3 is 6.18 Å². The van der Waals surface area contributed by atoms with Crippen LogP contribution in [0.25, 0.3) is 16.7 Å². The first-order chi connectivity index (χ1) is 10.4. The first-order valence-corrected chi connectivity index (χ1v) is 6.80. The second-order valence-electron chi connectivity index (χ2n) is 4.42. The molecule has 0 aliphatic carbocycles. The normalized spacial score (nSPS) is 11.6. The predicted octanol–water partition coefficient (Wildman–Crippen LogP) is 4.07. The molecule has 0 atom stereocenters. The van der Waals surface area contributed by atoms with Crippen LogP contribution in [0.2, 0.25) is 0 Å². The van der Waals surface area contributed by atoms with E-state index in [0.717, 1.165) is 12.5 Å². The van der Waals surface area contributed by atoms with Gasteiger partial charge in [-0.05, 0) is 28.1 Å². The van der Waals surface area contributed by atoms with Crippen molar-refractivity contribution in [3.8, 4) is 11.9 Å². The van der Waals surface area contributed by atoms with Gasteiger partial charge in [-0.2, -0.15) is 18.4 Å². The number of nitriles is 1. The van der Waals surface area contributed by atoms with Crippen LogP contribution in [0, 0.1) is 11.3 Å². The van der Waals surface area contributed by atoms with E-state index in [1.165, 1.54) is 10.8 Å². The molecule has 22 heavy (non-hydrogen) atoms. The van der Waals surface area contributed by atoms with Gasteiger partial charge in [0.15, 0.2) is 5.82 Å². The van der Waals surface area contributed by atoms with Crippen molar-refractivity contribution in [3.05, 3.63) is 52.5 Å². The summed E-state index contributed by atoms with van der Waals surface area (Å²) in [6.45, 7) is 0. The van der Waals surface area contributed by atoms with E-state index in [4.69, 9.17) is 5.26 Å². The highest BCUT2D eigenvalue weighted by Crippen LogP contribution is 2.35. The van der Waals surface area contributed by atoms with Crippen LogP contribution >= 0.6 is 15.9 Å². The first kappa shape index (κ1) is 14.5. The maximum atomic E-state index is 13.1. The second-order valence-corrected chi connectivity index (χ2v) is 5.21. The molecule has 2 heterocycles. The lowest BCUT2D eigenvalue weighted by atomic mass is 10.2. The molecule has 0 fully saturated rings. The third kappa shape index (κ3) is 2.23. The van der Waals surface area contributed by atoms with Crippen molar-refractivity contribution in [2.45, 2.75) is 6.18 Å². The van der Waals surface area contributed by atoms with Crippen molar-refractivity contribution in [2.75, 3.05) is 0 Å². The molecular weight excluding hydrogens is 361 g/mol. The van der Waals surface area contributed by atoms with Crippen molar-refractivity contribution in [1.82, 2.24) is 14.5 Å². The Morgan fingerprint density at radius 2 is 2.00 bits per heavy atom. The van der Waals surface area contributed by atoms with Crippen LogP contribution in [0.3, 0.4) is 0 Å². The second kappa shape index (κ2) is 5.10. The number of rotatable bonds is 1. The van der Waals surface area contributed by atoms with Gasteiger partial charge in [0.2, 0.25) is 0 Å². The standard InChI is InChI=1S/C14H6BrF3N4/c15-11-9(5-19)2-1-8-3-4-22(12(8)11)13-10(14(16,17)18)6-20-7-21-13/h1-4,6-7H. The molecule has 0 unspecified atom stereocenters. The molecule has 0 bridgehead atoms. The highest BCUT2D eigenvalue weighted by Gasteiger charge is 2.35. The fourth-order valence-corrected chi connectivity index (χ4v) is 2.81. The lowest BCUT2D eigenvalue weighted by Crippen LogP contribution is -2.12. The van der Waals surface area contributed by atoms with E-state index in [0.29, 0.717) is 20.9 Å². The lowest BCUT2D eigenvalue weighted by Gasteiger charge is -2.13. The number of alkyl halides is 3. The van der Waals surface area contributed by atoms with Crippen LogP contribution in [0.4, 0.5) is 13.2 Å². The molecule has 0 saturated heterocycles. The van der Waals surface area contributed by atoms with E-state index in [-0.39, 0.29) is 5.82 Å². The molecule has 0 saturated carbocycles. The molecule has 1 aromatic carbocycles. The maximum absolute atomic E-state index is 13.1. The molecule has 0 aliphatic rings. The number of hydrogen-bond donors (Lipinski definition) is 0. The zero-order valence-electron chi connectivity index (χ0n) is 10.8. The fraction of sp³-hybridized carbons (Fsp3) is 0.0714. The lowest BCUT2D eigenvalue weighted by molar-refractivity contribution is -0.137. The summed E-state index contributed by atoms with van der Waals surface area (Å²) in [5.41, 5.74) is -0.167. The highest BCUT2D eigenvalue weighted by atomic mass is 79.9. The van der Waals surface area contributed by atoms with Crippen LogP contribution < -0.4 is 0 Å². The van der Waals surface area contributed by atoms with Gasteiger partial charge in [0, 0.05) is 17.8 Å². The summed E-state index contributed by atoms with van der Waals surface area (Å²) in [6.07, 6.45) is -1.31. The molecule has 2 aromatic heterocycles. The molecule has 3 rings (SSSR count).